The molecule has 2 rings (SSSR count). The molecule has 0 aromatic carbocycles. The Morgan fingerprint density at radius 3 is 2.53 bits per heavy atom. The van der Waals surface area contributed by atoms with E-state index in [9.17, 15) is 4.79 Å². The highest BCUT2D eigenvalue weighted by molar-refractivity contribution is 4.95. The molecule has 4 nitrogen and oxygen atoms in total. The van der Waals surface area contributed by atoms with E-state index >= 15 is 0 Å². The van der Waals surface area contributed by atoms with E-state index in [1.807, 2.05) is 23.9 Å². The highest BCUT2D eigenvalue weighted by Gasteiger charge is 2.42. The van der Waals surface area contributed by atoms with Crippen LogP contribution in [0.5, 0.6) is 0 Å². The fourth-order valence-electron chi connectivity index (χ4n) is 2.15. The summed E-state index contributed by atoms with van der Waals surface area (Å²) < 4.78 is 3.56. The van der Waals surface area contributed by atoms with E-state index in [0.29, 0.717) is 5.41 Å². The van der Waals surface area contributed by atoms with Gasteiger partial charge in [0.05, 0.1) is 0 Å². The topological polar surface area (TPSA) is 52.9 Å². The number of nitrogens with zero attached hydrogens (tertiary/aromatic N) is 2. The van der Waals surface area contributed by atoms with Crippen LogP contribution in [0.25, 0.3) is 0 Å². The van der Waals surface area contributed by atoms with E-state index in [1.165, 1.54) is 12.8 Å². The molecule has 0 radical (unpaired) electrons. The van der Waals surface area contributed by atoms with Crippen molar-refractivity contribution in [2.45, 2.75) is 39.3 Å². The Morgan fingerprint density at radius 1 is 1.40 bits per heavy atom. The molecule has 0 atom stereocenters. The summed E-state index contributed by atoms with van der Waals surface area (Å²) in [6.45, 7) is 4.30. The number of aryl methyl sites for hydroxylation is 1. The molecule has 0 saturated heterocycles. The third-order valence-corrected chi connectivity index (χ3v) is 3.40. The second-order valence-electron chi connectivity index (χ2n) is 4.53. The maximum atomic E-state index is 11.8. The number of nitrogens with two attached hydrogens (primary N) is 1. The predicted octanol–water partition coefficient (Wildman–Crippen LogP) is 0.799. The Balaban J connectivity index is 2.11. The van der Waals surface area contributed by atoms with E-state index in [1.54, 1.807) is 4.57 Å². The van der Waals surface area contributed by atoms with Gasteiger partial charge in [-0.2, -0.15) is 0 Å². The summed E-state index contributed by atoms with van der Waals surface area (Å²) in [5, 5.41) is 0. The van der Waals surface area contributed by atoms with Crippen molar-refractivity contribution in [3.63, 3.8) is 0 Å². The maximum absolute atomic E-state index is 11.8. The van der Waals surface area contributed by atoms with E-state index < -0.39 is 0 Å². The summed E-state index contributed by atoms with van der Waals surface area (Å²) in [6, 6.07) is 0. The lowest BCUT2D eigenvalue weighted by atomic mass is 10.0. The van der Waals surface area contributed by atoms with Gasteiger partial charge in [-0.1, -0.05) is 0 Å². The van der Waals surface area contributed by atoms with Gasteiger partial charge in [0.2, 0.25) is 0 Å². The lowest BCUT2D eigenvalue weighted by Gasteiger charge is -2.13. The smallest absolute Gasteiger partial charge is 0.328 e. The molecule has 1 aromatic heterocycles. The van der Waals surface area contributed by atoms with Crippen molar-refractivity contribution in [2.75, 3.05) is 6.54 Å². The first-order valence-electron chi connectivity index (χ1n) is 5.66. The highest BCUT2D eigenvalue weighted by Crippen LogP contribution is 2.49. The zero-order valence-electron chi connectivity index (χ0n) is 9.28. The van der Waals surface area contributed by atoms with Crippen LogP contribution in [0.15, 0.2) is 17.2 Å². The van der Waals surface area contributed by atoms with Gasteiger partial charge in [-0.15, -0.1) is 0 Å². The average Bonchev–Trinajstić information content (AvgIpc) is 2.88. The quantitative estimate of drug-likeness (QED) is 0.779. The summed E-state index contributed by atoms with van der Waals surface area (Å²) in [7, 11) is 0. The van der Waals surface area contributed by atoms with Gasteiger partial charge in [-0.25, -0.2) is 4.79 Å². The summed E-state index contributed by atoms with van der Waals surface area (Å²) in [5.74, 6) is 0. The van der Waals surface area contributed by atoms with Gasteiger partial charge in [0.1, 0.15) is 0 Å². The zero-order valence-corrected chi connectivity index (χ0v) is 9.28. The van der Waals surface area contributed by atoms with Crippen LogP contribution in [0, 0.1) is 5.41 Å². The molecule has 1 saturated carbocycles. The Labute approximate surface area is 89.7 Å². The van der Waals surface area contributed by atoms with E-state index in [2.05, 4.69) is 0 Å². The van der Waals surface area contributed by atoms with Crippen LogP contribution in [0.4, 0.5) is 0 Å². The second-order valence-corrected chi connectivity index (χ2v) is 4.53. The monoisotopic (exact) mass is 209 g/mol. The standard InChI is InChI=1S/C11H19N3O/c1-2-13-7-8-14(10(13)15)9-11(3-4-11)5-6-12/h7-8H,2-6,9,12H2,1H3. The molecule has 1 aliphatic carbocycles. The fraction of sp³-hybridized carbons (Fsp3) is 0.727. The largest absolute Gasteiger partial charge is 0.330 e. The molecule has 1 heterocycles. The molecule has 4 heteroatoms. The molecule has 84 valence electrons. The van der Waals surface area contributed by atoms with E-state index in [0.717, 1.165) is 26.1 Å². The molecule has 15 heavy (non-hydrogen) atoms. The number of imidazole rings is 1. The molecule has 0 unspecified atom stereocenters. The Morgan fingerprint density at radius 2 is 2.07 bits per heavy atom. The van der Waals surface area contributed by atoms with Crippen molar-refractivity contribution in [3.05, 3.63) is 22.9 Å². The predicted molar refractivity (Wildman–Crippen MR) is 59.7 cm³/mol. The molecule has 0 amide bonds. The summed E-state index contributed by atoms with van der Waals surface area (Å²) in [6.07, 6.45) is 7.22. The van der Waals surface area contributed by atoms with Crippen LogP contribution in [0.2, 0.25) is 0 Å². The lowest BCUT2D eigenvalue weighted by molar-refractivity contribution is 0.389. The van der Waals surface area contributed by atoms with Crippen LogP contribution in [-0.2, 0) is 13.1 Å². The van der Waals surface area contributed by atoms with Crippen molar-refractivity contribution < 1.29 is 0 Å². The van der Waals surface area contributed by atoms with Gasteiger partial charge in [-0.05, 0) is 38.1 Å². The van der Waals surface area contributed by atoms with Gasteiger partial charge in [0.15, 0.2) is 0 Å². The van der Waals surface area contributed by atoms with Gasteiger partial charge >= 0.3 is 5.69 Å². The van der Waals surface area contributed by atoms with Gasteiger partial charge < -0.3 is 5.73 Å². The number of hydrogen-bond acceptors (Lipinski definition) is 2. The van der Waals surface area contributed by atoms with Crippen molar-refractivity contribution in [3.8, 4) is 0 Å². The van der Waals surface area contributed by atoms with Crippen LogP contribution in [0.1, 0.15) is 26.2 Å². The van der Waals surface area contributed by atoms with Gasteiger partial charge in [-0.3, -0.25) is 9.13 Å². The third kappa shape index (κ3) is 2.00. The van der Waals surface area contributed by atoms with Crippen LogP contribution < -0.4 is 11.4 Å². The zero-order chi connectivity index (χ0) is 10.9. The minimum absolute atomic E-state index is 0.112. The summed E-state index contributed by atoms with van der Waals surface area (Å²) in [4.78, 5) is 11.8. The minimum Gasteiger partial charge on any atom is -0.330 e. The third-order valence-electron chi connectivity index (χ3n) is 3.40. The van der Waals surface area contributed by atoms with Crippen molar-refractivity contribution >= 4 is 0 Å². The first kappa shape index (κ1) is 10.5. The van der Waals surface area contributed by atoms with Crippen LogP contribution in [-0.4, -0.2) is 15.7 Å². The number of hydrogen-bond donors (Lipinski definition) is 1. The average molecular weight is 209 g/mol. The van der Waals surface area contributed by atoms with E-state index in [-0.39, 0.29) is 5.69 Å². The maximum Gasteiger partial charge on any atom is 0.328 e. The van der Waals surface area contributed by atoms with Crippen LogP contribution in [0.3, 0.4) is 0 Å². The van der Waals surface area contributed by atoms with E-state index in [4.69, 9.17) is 5.73 Å². The Kier molecular flexibility index (Phi) is 2.69. The molecule has 0 spiro atoms. The number of rotatable bonds is 5. The summed E-state index contributed by atoms with van der Waals surface area (Å²) >= 11 is 0. The molecule has 1 aromatic rings. The Hall–Kier alpha value is -1.03. The SMILES string of the molecule is CCn1ccn(CC2(CCN)CC2)c1=O. The normalized spacial score (nSPS) is 18.0. The van der Waals surface area contributed by atoms with Gasteiger partial charge in [0.25, 0.3) is 0 Å². The van der Waals surface area contributed by atoms with Crippen LogP contribution >= 0.6 is 0 Å². The molecule has 0 aliphatic heterocycles. The lowest BCUT2D eigenvalue weighted by Crippen LogP contribution is -2.27. The highest BCUT2D eigenvalue weighted by atomic mass is 16.1. The Bertz CT molecular complexity index is 387. The molecule has 1 fully saturated rings. The second kappa shape index (κ2) is 3.85. The molecule has 0 bridgehead atoms. The molecule has 2 N–H and O–H groups in total. The van der Waals surface area contributed by atoms with Gasteiger partial charge in [0, 0.05) is 25.5 Å². The number of aromatic nitrogens is 2. The molecular formula is C11H19N3O. The first-order chi connectivity index (χ1) is 7.21. The van der Waals surface area contributed by atoms with Crippen molar-refractivity contribution in [1.29, 1.82) is 0 Å². The van der Waals surface area contributed by atoms with Crippen molar-refractivity contribution in [2.24, 2.45) is 11.1 Å². The molecule has 1 aliphatic rings. The summed E-state index contributed by atoms with van der Waals surface area (Å²) in [5.41, 5.74) is 6.03. The fourth-order valence-corrected chi connectivity index (χ4v) is 2.15. The first-order valence-corrected chi connectivity index (χ1v) is 5.66. The minimum atomic E-state index is 0.112. The van der Waals surface area contributed by atoms with Crippen molar-refractivity contribution in [1.82, 2.24) is 9.13 Å². The molecular weight excluding hydrogens is 190 g/mol.